The third-order valence-electron chi connectivity index (χ3n) is 3.67. The number of ether oxygens (including phenoxy) is 1. The second-order valence-corrected chi connectivity index (χ2v) is 4.81. The average molecular weight is 237 g/mol. The van der Waals surface area contributed by atoms with Crippen molar-refractivity contribution in [1.82, 2.24) is 5.32 Å². The summed E-state index contributed by atoms with van der Waals surface area (Å²) in [6.07, 6.45) is 3.04. The number of ketones is 1. The molecule has 17 heavy (non-hydrogen) atoms. The molecule has 1 saturated heterocycles. The van der Waals surface area contributed by atoms with Gasteiger partial charge in [0, 0.05) is 12.1 Å². The molecule has 0 radical (unpaired) electrons. The fourth-order valence-electron chi connectivity index (χ4n) is 2.63. The first-order chi connectivity index (χ1) is 8.13. The van der Waals surface area contributed by atoms with Crippen molar-refractivity contribution >= 4 is 11.7 Å². The van der Waals surface area contributed by atoms with Crippen LogP contribution in [-0.2, 0) is 14.3 Å². The summed E-state index contributed by atoms with van der Waals surface area (Å²) < 4.78 is 5.56. The Morgan fingerprint density at radius 2 is 2.35 bits per heavy atom. The molecule has 0 aromatic rings. The van der Waals surface area contributed by atoms with E-state index in [0.29, 0.717) is 25.1 Å². The summed E-state index contributed by atoms with van der Waals surface area (Å²) in [6, 6.07) is 0. The van der Waals surface area contributed by atoms with E-state index in [4.69, 9.17) is 4.74 Å². The van der Waals surface area contributed by atoms with Crippen LogP contribution in [0.15, 0.2) is 12.3 Å². The molecule has 3 atom stereocenters. The van der Waals surface area contributed by atoms with Crippen molar-refractivity contribution in [2.45, 2.75) is 38.7 Å². The minimum Gasteiger partial charge on any atom is -0.377 e. The molecule has 3 unspecified atom stereocenters. The van der Waals surface area contributed by atoms with E-state index in [9.17, 15) is 9.59 Å². The summed E-state index contributed by atoms with van der Waals surface area (Å²) in [7, 11) is 0. The van der Waals surface area contributed by atoms with Crippen LogP contribution in [0.1, 0.15) is 32.6 Å². The largest absolute Gasteiger partial charge is 0.377 e. The third kappa shape index (κ3) is 2.41. The standard InChI is InChI=1S/C13H19NO3/c1-3-8(2)14-13(16)9-7-17-11-6-4-5-10(15)12(9)11/h9,11-12H,2-7H2,1H3,(H,14,16). The number of carbonyl (C=O) groups is 2. The smallest absolute Gasteiger partial charge is 0.230 e. The van der Waals surface area contributed by atoms with Crippen LogP contribution in [-0.4, -0.2) is 24.4 Å². The number of allylic oxidation sites excluding steroid dienone is 1. The maximum Gasteiger partial charge on any atom is 0.230 e. The van der Waals surface area contributed by atoms with Gasteiger partial charge in [-0.3, -0.25) is 9.59 Å². The van der Waals surface area contributed by atoms with Gasteiger partial charge in [-0.15, -0.1) is 0 Å². The molecule has 0 bridgehead atoms. The predicted octanol–water partition coefficient (Wildman–Crippen LogP) is 1.41. The zero-order chi connectivity index (χ0) is 12.4. The molecule has 4 heteroatoms. The summed E-state index contributed by atoms with van der Waals surface area (Å²) in [5.74, 6) is -0.481. The molecular weight excluding hydrogens is 218 g/mol. The molecule has 1 amide bonds. The van der Waals surface area contributed by atoms with Crippen molar-refractivity contribution in [2.75, 3.05) is 6.61 Å². The van der Waals surface area contributed by atoms with Crippen molar-refractivity contribution in [3.63, 3.8) is 0 Å². The summed E-state index contributed by atoms with van der Waals surface area (Å²) in [4.78, 5) is 23.9. The van der Waals surface area contributed by atoms with E-state index >= 15 is 0 Å². The lowest BCUT2D eigenvalue weighted by molar-refractivity contribution is -0.133. The lowest BCUT2D eigenvalue weighted by Gasteiger charge is -2.25. The SMILES string of the molecule is C=C(CC)NC(=O)C1COC2CCCC(=O)C21. The van der Waals surface area contributed by atoms with Crippen molar-refractivity contribution in [3.05, 3.63) is 12.3 Å². The van der Waals surface area contributed by atoms with E-state index in [0.717, 1.165) is 12.8 Å². The number of carbonyl (C=O) groups excluding carboxylic acids is 2. The number of amides is 1. The number of nitrogens with one attached hydrogen (secondary N) is 1. The zero-order valence-corrected chi connectivity index (χ0v) is 10.2. The normalized spacial score (nSPS) is 32.1. The first-order valence-electron chi connectivity index (χ1n) is 6.26. The van der Waals surface area contributed by atoms with E-state index in [-0.39, 0.29) is 29.6 Å². The molecular formula is C13H19NO3. The molecule has 1 saturated carbocycles. The Bertz CT molecular complexity index is 351. The van der Waals surface area contributed by atoms with Crippen LogP contribution in [0, 0.1) is 11.8 Å². The highest BCUT2D eigenvalue weighted by Gasteiger charge is 2.46. The van der Waals surface area contributed by atoms with Crippen LogP contribution >= 0.6 is 0 Å². The van der Waals surface area contributed by atoms with Gasteiger partial charge >= 0.3 is 0 Å². The van der Waals surface area contributed by atoms with Gasteiger partial charge in [-0.2, -0.15) is 0 Å². The minimum absolute atomic E-state index is 0.0399. The number of hydrogen-bond acceptors (Lipinski definition) is 3. The van der Waals surface area contributed by atoms with E-state index in [1.54, 1.807) is 0 Å². The molecule has 0 aromatic heterocycles. The van der Waals surface area contributed by atoms with Crippen LogP contribution in [0.25, 0.3) is 0 Å². The number of fused-ring (bicyclic) bond motifs is 1. The molecule has 4 nitrogen and oxygen atoms in total. The summed E-state index contributed by atoms with van der Waals surface area (Å²) >= 11 is 0. The number of rotatable bonds is 3. The summed E-state index contributed by atoms with van der Waals surface area (Å²) in [6.45, 7) is 6.05. The Morgan fingerprint density at radius 1 is 1.59 bits per heavy atom. The van der Waals surface area contributed by atoms with Crippen molar-refractivity contribution in [1.29, 1.82) is 0 Å². The molecule has 1 aliphatic heterocycles. The highest BCUT2D eigenvalue weighted by molar-refractivity contribution is 5.91. The van der Waals surface area contributed by atoms with Gasteiger partial charge in [-0.25, -0.2) is 0 Å². The number of Topliss-reactive ketones (excluding diaryl/α,β-unsaturated/α-hetero) is 1. The average Bonchev–Trinajstić information content (AvgIpc) is 2.74. The van der Waals surface area contributed by atoms with Gasteiger partial charge in [0.05, 0.1) is 24.5 Å². The Hall–Kier alpha value is -1.16. The topological polar surface area (TPSA) is 55.4 Å². The van der Waals surface area contributed by atoms with Crippen LogP contribution in [0.3, 0.4) is 0 Å². The van der Waals surface area contributed by atoms with Crippen LogP contribution < -0.4 is 5.32 Å². The third-order valence-corrected chi connectivity index (χ3v) is 3.67. The molecule has 0 aromatic carbocycles. The van der Waals surface area contributed by atoms with Crippen molar-refractivity contribution < 1.29 is 14.3 Å². The molecule has 0 spiro atoms. The summed E-state index contributed by atoms with van der Waals surface area (Å²) in [5, 5.41) is 2.76. The maximum absolute atomic E-state index is 12.0. The van der Waals surface area contributed by atoms with E-state index in [1.807, 2.05) is 6.92 Å². The highest BCUT2D eigenvalue weighted by Crippen LogP contribution is 2.36. The Morgan fingerprint density at radius 3 is 3.06 bits per heavy atom. The fourth-order valence-corrected chi connectivity index (χ4v) is 2.63. The lowest BCUT2D eigenvalue weighted by atomic mass is 9.79. The molecule has 1 N–H and O–H groups in total. The highest BCUT2D eigenvalue weighted by atomic mass is 16.5. The predicted molar refractivity (Wildman–Crippen MR) is 63.2 cm³/mol. The van der Waals surface area contributed by atoms with Crippen molar-refractivity contribution in [2.24, 2.45) is 11.8 Å². The molecule has 2 aliphatic rings. The molecule has 1 heterocycles. The maximum atomic E-state index is 12.0. The first-order valence-corrected chi connectivity index (χ1v) is 6.26. The van der Waals surface area contributed by atoms with Gasteiger partial charge in [-0.1, -0.05) is 13.5 Å². The Labute approximate surface area is 101 Å². The van der Waals surface area contributed by atoms with Gasteiger partial charge in [0.2, 0.25) is 5.91 Å². The monoisotopic (exact) mass is 237 g/mol. The van der Waals surface area contributed by atoms with Crippen LogP contribution in [0.2, 0.25) is 0 Å². The van der Waals surface area contributed by atoms with Gasteiger partial charge in [0.25, 0.3) is 0 Å². The van der Waals surface area contributed by atoms with Crippen LogP contribution in [0.4, 0.5) is 0 Å². The lowest BCUT2D eigenvalue weighted by Crippen LogP contribution is -2.40. The van der Waals surface area contributed by atoms with Crippen molar-refractivity contribution in [3.8, 4) is 0 Å². The Kier molecular flexibility index (Phi) is 3.62. The van der Waals surface area contributed by atoms with Gasteiger partial charge in [0.1, 0.15) is 5.78 Å². The second kappa shape index (κ2) is 5.00. The van der Waals surface area contributed by atoms with E-state index in [1.165, 1.54) is 0 Å². The van der Waals surface area contributed by atoms with Gasteiger partial charge in [0.15, 0.2) is 0 Å². The van der Waals surface area contributed by atoms with E-state index in [2.05, 4.69) is 11.9 Å². The van der Waals surface area contributed by atoms with E-state index < -0.39 is 0 Å². The van der Waals surface area contributed by atoms with Crippen LogP contribution in [0.5, 0.6) is 0 Å². The molecule has 1 aliphatic carbocycles. The summed E-state index contributed by atoms with van der Waals surface area (Å²) in [5.41, 5.74) is 0.696. The van der Waals surface area contributed by atoms with Gasteiger partial charge in [-0.05, 0) is 19.3 Å². The first kappa shape index (κ1) is 12.3. The zero-order valence-electron chi connectivity index (χ0n) is 10.2. The number of hydrogen-bond donors (Lipinski definition) is 1. The Balaban J connectivity index is 2.04. The molecule has 94 valence electrons. The quantitative estimate of drug-likeness (QED) is 0.807. The fraction of sp³-hybridized carbons (Fsp3) is 0.692. The second-order valence-electron chi connectivity index (χ2n) is 4.81. The van der Waals surface area contributed by atoms with Gasteiger partial charge < -0.3 is 10.1 Å². The molecule has 2 rings (SSSR count). The minimum atomic E-state index is -0.323. The molecule has 2 fully saturated rings.